The highest BCUT2D eigenvalue weighted by atomic mass is 32.1. The molecule has 4 bridgehead atoms. The van der Waals surface area contributed by atoms with Crippen LogP contribution in [0.4, 0.5) is 0 Å². The van der Waals surface area contributed by atoms with Crippen LogP contribution >= 0.6 is 11.3 Å². The van der Waals surface area contributed by atoms with Crippen molar-refractivity contribution in [3.8, 4) is 0 Å². The van der Waals surface area contributed by atoms with E-state index in [9.17, 15) is 10.2 Å². The van der Waals surface area contributed by atoms with E-state index in [1.165, 1.54) is 43.5 Å². The molecule has 5 aliphatic rings. The van der Waals surface area contributed by atoms with Crippen molar-refractivity contribution >= 4 is 11.3 Å². The zero-order valence-corrected chi connectivity index (χ0v) is 15.8. The number of aromatic nitrogens is 1. The molecular weight excluding hydrogens is 332 g/mol. The summed E-state index contributed by atoms with van der Waals surface area (Å²) in [5.74, 6) is 2.88. The van der Waals surface area contributed by atoms with Crippen molar-refractivity contribution in [2.45, 2.75) is 68.9 Å². The highest BCUT2D eigenvalue weighted by Crippen LogP contribution is 2.61. The Morgan fingerprint density at radius 1 is 1.16 bits per heavy atom. The summed E-state index contributed by atoms with van der Waals surface area (Å²) in [5, 5.41) is 23.5. The lowest BCUT2D eigenvalue weighted by atomic mass is 9.50. The number of nitrogens with zero attached hydrogens (tertiary/aromatic N) is 2. The fourth-order valence-corrected chi connectivity index (χ4v) is 7.74. The minimum absolute atomic E-state index is 0.140. The Balaban J connectivity index is 1.31. The van der Waals surface area contributed by atoms with Gasteiger partial charge in [0.15, 0.2) is 0 Å². The van der Waals surface area contributed by atoms with Gasteiger partial charge in [-0.3, -0.25) is 4.90 Å². The third-order valence-electron chi connectivity index (χ3n) is 7.36. The van der Waals surface area contributed by atoms with Crippen LogP contribution in [0.5, 0.6) is 0 Å². The molecule has 5 fully saturated rings. The third-order valence-corrected chi connectivity index (χ3v) is 8.50. The minimum Gasteiger partial charge on any atom is -0.393 e. The van der Waals surface area contributed by atoms with E-state index in [1.807, 2.05) is 11.3 Å². The van der Waals surface area contributed by atoms with Gasteiger partial charge >= 0.3 is 0 Å². The second-order valence-electron chi connectivity index (χ2n) is 9.54. The molecule has 5 heteroatoms. The predicted molar refractivity (Wildman–Crippen MR) is 98.5 cm³/mol. The van der Waals surface area contributed by atoms with E-state index in [0.29, 0.717) is 18.4 Å². The number of thiazole rings is 1. The van der Waals surface area contributed by atoms with Gasteiger partial charge in [-0.05, 0) is 75.7 Å². The average Bonchev–Trinajstić information content (AvgIpc) is 3.03. The number of piperidine rings is 1. The Morgan fingerprint density at radius 2 is 1.84 bits per heavy atom. The smallest absolute Gasteiger partial charge is 0.100 e. The fraction of sp³-hybridized carbons (Fsp3) is 0.850. The molecule has 25 heavy (non-hydrogen) atoms. The van der Waals surface area contributed by atoms with Gasteiger partial charge in [-0.1, -0.05) is 0 Å². The summed E-state index contributed by atoms with van der Waals surface area (Å²) in [6, 6.07) is 0. The van der Waals surface area contributed by atoms with E-state index in [1.54, 1.807) is 0 Å². The Kier molecular flexibility index (Phi) is 4.01. The normalized spacial score (nSPS) is 43.7. The largest absolute Gasteiger partial charge is 0.393 e. The Labute approximate surface area is 154 Å². The van der Waals surface area contributed by atoms with E-state index in [0.717, 1.165) is 43.0 Å². The SMILES string of the molecule is OC[C@]1(O)CCCN(Cc2csc(C34CC5CC(CC(C5)C3)C4)n2)C1. The minimum atomic E-state index is -0.920. The topological polar surface area (TPSA) is 56.6 Å². The standard InChI is InChI=1S/C20H30N2O2S/c23-13-20(24)2-1-3-22(12-20)10-17-11-25-18(21-17)19-7-14-4-15(8-19)6-16(5-14)9-19/h11,14-16,23-24H,1-10,12-13H2/t14?,15?,16?,19?,20-/m0/s1. The average molecular weight is 363 g/mol. The maximum atomic E-state index is 10.4. The van der Waals surface area contributed by atoms with Gasteiger partial charge in [0.25, 0.3) is 0 Å². The molecule has 1 atom stereocenters. The molecule has 0 amide bonds. The van der Waals surface area contributed by atoms with Gasteiger partial charge in [0.2, 0.25) is 0 Å². The Hall–Kier alpha value is -0.490. The first-order chi connectivity index (χ1) is 12.1. The molecule has 0 aromatic carbocycles. The van der Waals surface area contributed by atoms with Crippen molar-refractivity contribution in [1.82, 2.24) is 9.88 Å². The molecule has 138 valence electrons. The van der Waals surface area contributed by atoms with Crippen molar-refractivity contribution in [2.75, 3.05) is 19.7 Å². The molecule has 1 aliphatic heterocycles. The number of rotatable bonds is 4. The van der Waals surface area contributed by atoms with Crippen LogP contribution < -0.4 is 0 Å². The predicted octanol–water partition coefficient (Wildman–Crippen LogP) is 2.93. The molecule has 6 rings (SSSR count). The van der Waals surface area contributed by atoms with Crippen LogP contribution in [0.25, 0.3) is 0 Å². The van der Waals surface area contributed by atoms with Crippen LogP contribution in [-0.2, 0) is 12.0 Å². The van der Waals surface area contributed by atoms with Crippen LogP contribution in [0.15, 0.2) is 5.38 Å². The van der Waals surface area contributed by atoms with Crippen LogP contribution in [0.1, 0.15) is 62.1 Å². The van der Waals surface area contributed by atoms with Crippen molar-refractivity contribution < 1.29 is 10.2 Å². The van der Waals surface area contributed by atoms with Crippen molar-refractivity contribution in [3.05, 3.63) is 16.1 Å². The van der Waals surface area contributed by atoms with E-state index < -0.39 is 5.60 Å². The second kappa shape index (κ2) is 6.01. The maximum Gasteiger partial charge on any atom is 0.100 e. The number of aliphatic hydroxyl groups excluding tert-OH is 1. The maximum absolute atomic E-state index is 10.4. The van der Waals surface area contributed by atoms with E-state index in [4.69, 9.17) is 4.98 Å². The second-order valence-corrected chi connectivity index (χ2v) is 10.4. The lowest BCUT2D eigenvalue weighted by molar-refractivity contribution is -0.0689. The number of aliphatic hydroxyl groups is 2. The van der Waals surface area contributed by atoms with Crippen LogP contribution in [0, 0.1) is 17.8 Å². The first kappa shape index (κ1) is 16.7. The summed E-state index contributed by atoms with van der Waals surface area (Å²) in [6.07, 6.45) is 10.2. The summed E-state index contributed by atoms with van der Waals surface area (Å²) >= 11 is 1.88. The highest BCUT2D eigenvalue weighted by Gasteiger charge is 2.52. The van der Waals surface area contributed by atoms with Gasteiger partial charge in [-0.2, -0.15) is 0 Å². The van der Waals surface area contributed by atoms with Gasteiger partial charge in [-0.25, -0.2) is 4.98 Å². The van der Waals surface area contributed by atoms with Gasteiger partial charge < -0.3 is 10.2 Å². The van der Waals surface area contributed by atoms with Gasteiger partial charge in [0.1, 0.15) is 5.60 Å². The summed E-state index contributed by atoms with van der Waals surface area (Å²) < 4.78 is 0. The lowest BCUT2D eigenvalue weighted by Gasteiger charge is -2.56. The van der Waals surface area contributed by atoms with Crippen LogP contribution in [0.3, 0.4) is 0 Å². The van der Waals surface area contributed by atoms with Gasteiger partial charge in [0.05, 0.1) is 17.3 Å². The number of likely N-dealkylation sites (tertiary alicyclic amines) is 1. The van der Waals surface area contributed by atoms with Gasteiger partial charge in [0, 0.05) is 23.9 Å². The molecule has 1 aromatic rings. The monoisotopic (exact) mass is 362 g/mol. The Morgan fingerprint density at radius 3 is 2.48 bits per heavy atom. The number of β-amino-alcohol motifs (C(OH)–C–C–N with tert-alkyl or cyclic N) is 1. The number of hydrogen-bond acceptors (Lipinski definition) is 5. The van der Waals surface area contributed by atoms with Crippen molar-refractivity contribution in [3.63, 3.8) is 0 Å². The molecule has 1 aromatic heterocycles. The fourth-order valence-electron chi connectivity index (χ4n) is 6.69. The molecule has 4 aliphatic carbocycles. The molecule has 4 nitrogen and oxygen atoms in total. The summed E-state index contributed by atoms with van der Waals surface area (Å²) in [7, 11) is 0. The van der Waals surface area contributed by atoms with E-state index in [-0.39, 0.29) is 6.61 Å². The molecule has 1 saturated heterocycles. The number of hydrogen-bond donors (Lipinski definition) is 2. The molecule has 0 spiro atoms. The quantitative estimate of drug-likeness (QED) is 0.865. The van der Waals surface area contributed by atoms with E-state index >= 15 is 0 Å². The summed E-state index contributed by atoms with van der Waals surface area (Å²) in [4.78, 5) is 7.36. The molecule has 2 N–H and O–H groups in total. The first-order valence-corrected chi connectivity index (χ1v) is 10.9. The summed E-state index contributed by atoms with van der Waals surface area (Å²) in [5.41, 5.74) is 0.639. The van der Waals surface area contributed by atoms with E-state index in [2.05, 4.69) is 10.3 Å². The molecule has 4 saturated carbocycles. The Bertz CT molecular complexity index is 610. The lowest BCUT2D eigenvalue weighted by Crippen LogP contribution is -2.50. The zero-order valence-electron chi connectivity index (χ0n) is 15.0. The molecular formula is C20H30N2O2S. The third kappa shape index (κ3) is 2.97. The molecule has 0 radical (unpaired) electrons. The van der Waals surface area contributed by atoms with Crippen LogP contribution in [0.2, 0.25) is 0 Å². The zero-order chi connectivity index (χ0) is 17.1. The van der Waals surface area contributed by atoms with Gasteiger partial charge in [-0.15, -0.1) is 11.3 Å². The highest BCUT2D eigenvalue weighted by molar-refractivity contribution is 7.09. The molecule has 2 heterocycles. The molecule has 0 unspecified atom stereocenters. The first-order valence-electron chi connectivity index (χ1n) is 10.1. The van der Waals surface area contributed by atoms with Crippen LogP contribution in [-0.4, -0.2) is 45.4 Å². The summed E-state index contributed by atoms with van der Waals surface area (Å²) in [6.45, 7) is 2.23. The van der Waals surface area contributed by atoms with Crippen molar-refractivity contribution in [2.24, 2.45) is 17.8 Å². The van der Waals surface area contributed by atoms with Crippen molar-refractivity contribution in [1.29, 1.82) is 0 Å².